The van der Waals surface area contributed by atoms with E-state index in [9.17, 15) is 4.79 Å². The minimum absolute atomic E-state index is 0.280. The first-order valence-electron chi connectivity index (χ1n) is 5.31. The van der Waals surface area contributed by atoms with Gasteiger partial charge in [-0.05, 0) is 17.7 Å². The molecule has 2 amide bonds. The van der Waals surface area contributed by atoms with Crippen molar-refractivity contribution < 1.29 is 4.79 Å². The van der Waals surface area contributed by atoms with Crippen LogP contribution in [0.4, 0.5) is 10.7 Å². The molecule has 6 heteroatoms. The van der Waals surface area contributed by atoms with Crippen LogP contribution in [0.5, 0.6) is 0 Å². The second-order valence-electron chi connectivity index (χ2n) is 3.47. The molecular formula is C12H11BrN4O. The first kappa shape index (κ1) is 12.5. The third-order valence-corrected chi connectivity index (χ3v) is 2.96. The summed E-state index contributed by atoms with van der Waals surface area (Å²) in [5.74, 6) is 0.280. The van der Waals surface area contributed by atoms with Crippen molar-refractivity contribution in [2.24, 2.45) is 0 Å². The van der Waals surface area contributed by atoms with Crippen LogP contribution in [-0.2, 0) is 6.54 Å². The van der Waals surface area contributed by atoms with E-state index in [0.717, 1.165) is 10.0 Å². The third kappa shape index (κ3) is 3.53. The molecule has 0 atom stereocenters. The summed E-state index contributed by atoms with van der Waals surface area (Å²) in [6, 6.07) is 9.05. The maximum atomic E-state index is 11.6. The van der Waals surface area contributed by atoms with Crippen LogP contribution in [0.3, 0.4) is 0 Å². The molecule has 0 aliphatic heterocycles. The van der Waals surface area contributed by atoms with Crippen LogP contribution in [0.15, 0.2) is 47.2 Å². The lowest BCUT2D eigenvalue weighted by molar-refractivity contribution is 0.251. The number of anilines is 1. The highest BCUT2D eigenvalue weighted by Crippen LogP contribution is 2.15. The number of benzene rings is 1. The number of rotatable bonds is 3. The van der Waals surface area contributed by atoms with Gasteiger partial charge in [-0.15, -0.1) is 0 Å². The summed E-state index contributed by atoms with van der Waals surface area (Å²) >= 11 is 3.42. The molecule has 0 radical (unpaired) electrons. The largest absolute Gasteiger partial charge is 0.334 e. The average Bonchev–Trinajstić information content (AvgIpc) is 2.39. The van der Waals surface area contributed by atoms with Crippen LogP contribution >= 0.6 is 15.9 Å². The van der Waals surface area contributed by atoms with E-state index in [2.05, 4.69) is 36.5 Å². The van der Waals surface area contributed by atoms with Crippen LogP contribution in [0.25, 0.3) is 0 Å². The van der Waals surface area contributed by atoms with Crippen LogP contribution in [0, 0.1) is 0 Å². The monoisotopic (exact) mass is 306 g/mol. The number of hydrogen-bond acceptors (Lipinski definition) is 3. The maximum absolute atomic E-state index is 11.6. The summed E-state index contributed by atoms with van der Waals surface area (Å²) in [5.41, 5.74) is 1.00. The van der Waals surface area contributed by atoms with E-state index in [4.69, 9.17) is 0 Å². The normalized spacial score (nSPS) is 9.83. The summed E-state index contributed by atoms with van der Waals surface area (Å²) in [6.07, 6.45) is 3.13. The molecule has 0 unspecified atom stereocenters. The van der Waals surface area contributed by atoms with E-state index in [1.165, 1.54) is 0 Å². The SMILES string of the molecule is O=C(NCc1ccccc1Br)Nc1ncccn1. The lowest BCUT2D eigenvalue weighted by Gasteiger charge is -2.07. The fourth-order valence-corrected chi connectivity index (χ4v) is 1.75. The van der Waals surface area contributed by atoms with Gasteiger partial charge in [-0.2, -0.15) is 0 Å². The van der Waals surface area contributed by atoms with E-state index in [1.807, 2.05) is 24.3 Å². The zero-order chi connectivity index (χ0) is 12.8. The Bertz CT molecular complexity index is 533. The van der Waals surface area contributed by atoms with Crippen molar-refractivity contribution in [1.29, 1.82) is 0 Å². The van der Waals surface area contributed by atoms with Crippen molar-refractivity contribution in [2.45, 2.75) is 6.54 Å². The number of hydrogen-bond donors (Lipinski definition) is 2. The topological polar surface area (TPSA) is 66.9 Å². The molecule has 2 aromatic rings. The summed E-state index contributed by atoms with van der Waals surface area (Å²) in [7, 11) is 0. The van der Waals surface area contributed by atoms with Gasteiger partial charge in [-0.3, -0.25) is 5.32 Å². The smallest absolute Gasteiger partial charge is 0.321 e. The molecule has 1 aromatic heterocycles. The molecule has 0 fully saturated rings. The Kier molecular flexibility index (Phi) is 4.25. The first-order chi connectivity index (χ1) is 8.75. The number of carbonyl (C=O) groups excluding carboxylic acids is 1. The van der Waals surface area contributed by atoms with Crippen molar-refractivity contribution in [2.75, 3.05) is 5.32 Å². The Hall–Kier alpha value is -1.95. The van der Waals surface area contributed by atoms with E-state index >= 15 is 0 Å². The molecular weight excluding hydrogens is 296 g/mol. The number of carbonyl (C=O) groups is 1. The van der Waals surface area contributed by atoms with Crippen LogP contribution < -0.4 is 10.6 Å². The second-order valence-corrected chi connectivity index (χ2v) is 4.33. The fraction of sp³-hybridized carbons (Fsp3) is 0.0833. The lowest BCUT2D eigenvalue weighted by Crippen LogP contribution is -2.29. The van der Waals surface area contributed by atoms with Crippen LogP contribution in [0.1, 0.15) is 5.56 Å². The fourth-order valence-electron chi connectivity index (χ4n) is 1.33. The highest BCUT2D eigenvalue weighted by Gasteiger charge is 2.04. The molecule has 0 aliphatic rings. The van der Waals surface area contributed by atoms with Gasteiger partial charge in [0.2, 0.25) is 5.95 Å². The molecule has 0 saturated carbocycles. The molecule has 2 rings (SSSR count). The first-order valence-corrected chi connectivity index (χ1v) is 6.10. The molecule has 1 heterocycles. The van der Waals surface area contributed by atoms with Gasteiger partial charge in [0.05, 0.1) is 0 Å². The van der Waals surface area contributed by atoms with Gasteiger partial charge in [0.1, 0.15) is 0 Å². The van der Waals surface area contributed by atoms with Gasteiger partial charge in [0.15, 0.2) is 0 Å². The Balaban J connectivity index is 1.88. The Morgan fingerprint density at radius 3 is 2.61 bits per heavy atom. The summed E-state index contributed by atoms with van der Waals surface area (Å²) in [5, 5.41) is 5.27. The Labute approximate surface area is 113 Å². The van der Waals surface area contributed by atoms with E-state index in [1.54, 1.807) is 18.5 Å². The standard InChI is InChI=1S/C12H11BrN4O/c13-10-5-2-1-4-9(10)8-16-12(18)17-11-14-6-3-7-15-11/h1-7H,8H2,(H2,14,15,16,17,18). The van der Waals surface area contributed by atoms with E-state index in [-0.39, 0.29) is 12.0 Å². The number of nitrogens with zero attached hydrogens (tertiary/aromatic N) is 2. The molecule has 18 heavy (non-hydrogen) atoms. The summed E-state index contributed by atoms with van der Waals surface area (Å²) in [6.45, 7) is 0.431. The number of nitrogens with one attached hydrogen (secondary N) is 2. The molecule has 0 aliphatic carbocycles. The maximum Gasteiger partial charge on any atom is 0.321 e. The van der Waals surface area contributed by atoms with Crippen molar-refractivity contribution in [3.63, 3.8) is 0 Å². The van der Waals surface area contributed by atoms with Gasteiger partial charge in [-0.25, -0.2) is 14.8 Å². The Morgan fingerprint density at radius 2 is 1.89 bits per heavy atom. The van der Waals surface area contributed by atoms with Crippen LogP contribution in [-0.4, -0.2) is 16.0 Å². The minimum Gasteiger partial charge on any atom is -0.334 e. The molecule has 92 valence electrons. The highest BCUT2D eigenvalue weighted by molar-refractivity contribution is 9.10. The van der Waals surface area contributed by atoms with Crippen molar-refractivity contribution in [3.05, 3.63) is 52.8 Å². The quantitative estimate of drug-likeness (QED) is 0.916. The number of halogens is 1. The van der Waals surface area contributed by atoms with Gasteiger partial charge >= 0.3 is 6.03 Å². The molecule has 1 aromatic carbocycles. The second kappa shape index (κ2) is 6.11. The molecule has 0 spiro atoms. The summed E-state index contributed by atoms with van der Waals surface area (Å²) in [4.78, 5) is 19.4. The zero-order valence-electron chi connectivity index (χ0n) is 9.43. The van der Waals surface area contributed by atoms with Crippen LogP contribution in [0.2, 0.25) is 0 Å². The van der Waals surface area contributed by atoms with Gasteiger partial charge < -0.3 is 5.32 Å². The molecule has 0 bridgehead atoms. The average molecular weight is 307 g/mol. The minimum atomic E-state index is -0.336. The van der Waals surface area contributed by atoms with Crippen molar-refractivity contribution in [3.8, 4) is 0 Å². The van der Waals surface area contributed by atoms with Gasteiger partial charge in [-0.1, -0.05) is 34.1 Å². The Morgan fingerprint density at radius 1 is 1.17 bits per heavy atom. The summed E-state index contributed by atoms with van der Waals surface area (Å²) < 4.78 is 0.960. The molecule has 2 N–H and O–H groups in total. The number of aromatic nitrogens is 2. The van der Waals surface area contributed by atoms with Gasteiger partial charge in [0, 0.05) is 23.4 Å². The van der Waals surface area contributed by atoms with E-state index < -0.39 is 0 Å². The predicted molar refractivity (Wildman–Crippen MR) is 72.0 cm³/mol. The molecule has 5 nitrogen and oxygen atoms in total. The van der Waals surface area contributed by atoms with Crippen molar-refractivity contribution in [1.82, 2.24) is 15.3 Å². The molecule has 0 saturated heterocycles. The van der Waals surface area contributed by atoms with Crippen molar-refractivity contribution >= 4 is 27.9 Å². The predicted octanol–water partition coefficient (Wildman–Crippen LogP) is 2.56. The number of urea groups is 1. The third-order valence-electron chi connectivity index (χ3n) is 2.19. The highest BCUT2D eigenvalue weighted by atomic mass is 79.9. The van der Waals surface area contributed by atoms with Gasteiger partial charge in [0.25, 0.3) is 0 Å². The zero-order valence-corrected chi connectivity index (χ0v) is 11.0. The lowest BCUT2D eigenvalue weighted by atomic mass is 10.2. The number of amides is 2. The van der Waals surface area contributed by atoms with E-state index in [0.29, 0.717) is 6.54 Å².